The molecule has 0 fully saturated rings. The maximum Gasteiger partial charge on any atom is 0.244 e. The van der Waals surface area contributed by atoms with Crippen molar-refractivity contribution in [1.82, 2.24) is 9.71 Å². The highest BCUT2D eigenvalue weighted by Crippen LogP contribution is 2.29. The minimum atomic E-state index is -3.70. The molecule has 0 bridgehead atoms. The van der Waals surface area contributed by atoms with Crippen LogP contribution < -0.4 is 9.46 Å². The van der Waals surface area contributed by atoms with E-state index in [1.165, 1.54) is 18.4 Å². The van der Waals surface area contributed by atoms with Gasteiger partial charge in [-0.05, 0) is 43.7 Å². The monoisotopic (exact) mass is 378 g/mol. The quantitative estimate of drug-likeness (QED) is 0.710. The Hall–Kier alpha value is -2.16. The lowest BCUT2D eigenvalue weighted by Crippen LogP contribution is -2.23. The van der Waals surface area contributed by atoms with Crippen molar-refractivity contribution >= 4 is 21.4 Å². The van der Waals surface area contributed by atoms with Crippen LogP contribution in [0.5, 0.6) is 5.75 Å². The van der Waals surface area contributed by atoms with Crippen molar-refractivity contribution < 1.29 is 17.6 Å². The molecule has 3 rings (SSSR count). The second-order valence-electron chi connectivity index (χ2n) is 5.48. The van der Waals surface area contributed by atoms with Crippen LogP contribution in [0.2, 0.25) is 0 Å². The molecule has 0 aliphatic heterocycles. The van der Waals surface area contributed by atoms with Gasteiger partial charge in [-0.3, -0.25) is 0 Å². The molecule has 3 aromatic rings. The molecule has 25 heavy (non-hydrogen) atoms. The van der Waals surface area contributed by atoms with Gasteiger partial charge in [0.1, 0.15) is 10.6 Å². The molecule has 2 heterocycles. The normalized spacial score (nSPS) is 11.6. The van der Waals surface area contributed by atoms with Gasteiger partial charge in [0.05, 0.1) is 19.1 Å². The molecule has 0 saturated heterocycles. The van der Waals surface area contributed by atoms with E-state index < -0.39 is 10.0 Å². The Morgan fingerprint density at radius 2 is 2.08 bits per heavy atom. The van der Waals surface area contributed by atoms with Crippen LogP contribution in [0.4, 0.5) is 0 Å². The molecule has 132 valence electrons. The third kappa shape index (κ3) is 3.76. The Morgan fingerprint density at radius 1 is 1.28 bits per heavy atom. The fraction of sp³-hybridized carbons (Fsp3) is 0.235. The highest BCUT2D eigenvalue weighted by atomic mass is 32.2. The van der Waals surface area contributed by atoms with Crippen molar-refractivity contribution in [3.8, 4) is 16.5 Å². The summed E-state index contributed by atoms with van der Waals surface area (Å²) in [6.45, 7) is 3.88. The minimum Gasteiger partial charge on any atom is -0.495 e. The molecule has 0 radical (unpaired) electrons. The first-order valence-electron chi connectivity index (χ1n) is 7.55. The number of sulfonamides is 1. The molecule has 0 aliphatic carbocycles. The van der Waals surface area contributed by atoms with Gasteiger partial charge in [0.25, 0.3) is 0 Å². The smallest absolute Gasteiger partial charge is 0.244 e. The first kappa shape index (κ1) is 17.7. The third-order valence-corrected chi connectivity index (χ3v) is 6.27. The van der Waals surface area contributed by atoms with Crippen LogP contribution in [-0.4, -0.2) is 20.5 Å². The molecule has 0 aliphatic rings. The van der Waals surface area contributed by atoms with Crippen LogP contribution in [0.1, 0.15) is 16.1 Å². The van der Waals surface area contributed by atoms with E-state index in [2.05, 4.69) is 9.71 Å². The van der Waals surface area contributed by atoms with Gasteiger partial charge in [0.2, 0.25) is 10.0 Å². The predicted molar refractivity (Wildman–Crippen MR) is 96.3 cm³/mol. The van der Waals surface area contributed by atoms with Crippen molar-refractivity contribution in [2.24, 2.45) is 0 Å². The summed E-state index contributed by atoms with van der Waals surface area (Å²) in [6, 6.07) is 8.59. The van der Waals surface area contributed by atoms with Crippen LogP contribution >= 0.6 is 11.3 Å². The fourth-order valence-corrected chi connectivity index (χ4v) is 4.54. The number of nitrogens with zero attached hydrogens (tertiary/aromatic N) is 1. The topological polar surface area (TPSA) is 81.4 Å². The number of furan rings is 1. The SMILES string of the molecule is COc1cc(C)ccc1S(=O)(=O)NCc1sc(-c2ccco2)nc1C. The molecule has 0 amide bonds. The zero-order chi connectivity index (χ0) is 18.0. The number of nitrogens with one attached hydrogen (secondary N) is 1. The van der Waals surface area contributed by atoms with Gasteiger partial charge >= 0.3 is 0 Å². The van der Waals surface area contributed by atoms with Crippen LogP contribution in [0.15, 0.2) is 45.9 Å². The lowest BCUT2D eigenvalue weighted by molar-refractivity contribution is 0.402. The number of hydrogen-bond acceptors (Lipinski definition) is 6. The number of rotatable bonds is 6. The summed E-state index contributed by atoms with van der Waals surface area (Å²) in [5.74, 6) is 0.993. The molecule has 8 heteroatoms. The molecular formula is C17H18N2O4S2. The summed E-state index contributed by atoms with van der Waals surface area (Å²) in [5, 5.41) is 0.726. The number of aryl methyl sites for hydroxylation is 2. The van der Waals surface area contributed by atoms with E-state index in [4.69, 9.17) is 9.15 Å². The molecule has 6 nitrogen and oxygen atoms in total. The standard InChI is InChI=1S/C17H18N2O4S2/c1-11-6-7-16(14(9-11)22-3)25(20,21)18-10-15-12(2)19-17(24-15)13-5-4-8-23-13/h4-9,18H,10H2,1-3H3. The number of hydrogen-bond donors (Lipinski definition) is 1. The average Bonchev–Trinajstić information content (AvgIpc) is 3.22. The van der Waals surface area contributed by atoms with Gasteiger partial charge in [0, 0.05) is 11.4 Å². The fourth-order valence-electron chi connectivity index (χ4n) is 2.33. The van der Waals surface area contributed by atoms with E-state index >= 15 is 0 Å². The number of ether oxygens (including phenoxy) is 1. The Bertz CT molecular complexity index is 976. The van der Waals surface area contributed by atoms with Gasteiger partial charge in [-0.2, -0.15) is 0 Å². The van der Waals surface area contributed by atoms with E-state index in [0.717, 1.165) is 21.1 Å². The van der Waals surface area contributed by atoms with Gasteiger partial charge in [-0.15, -0.1) is 11.3 Å². The lowest BCUT2D eigenvalue weighted by atomic mass is 10.2. The van der Waals surface area contributed by atoms with Crippen molar-refractivity contribution in [1.29, 1.82) is 0 Å². The highest BCUT2D eigenvalue weighted by Gasteiger charge is 2.20. The van der Waals surface area contributed by atoms with Gasteiger partial charge in [-0.25, -0.2) is 18.1 Å². The number of aromatic nitrogens is 1. The zero-order valence-corrected chi connectivity index (χ0v) is 15.7. The zero-order valence-electron chi connectivity index (χ0n) is 14.1. The van der Waals surface area contributed by atoms with Crippen LogP contribution in [0, 0.1) is 13.8 Å². The number of thiazole rings is 1. The molecule has 0 atom stereocenters. The average molecular weight is 378 g/mol. The highest BCUT2D eigenvalue weighted by molar-refractivity contribution is 7.89. The molecule has 2 aromatic heterocycles. The van der Waals surface area contributed by atoms with Gasteiger partial charge in [0.15, 0.2) is 10.8 Å². The van der Waals surface area contributed by atoms with Crippen LogP contribution in [-0.2, 0) is 16.6 Å². The summed E-state index contributed by atoms with van der Waals surface area (Å²) in [6.07, 6.45) is 1.58. The first-order valence-corrected chi connectivity index (χ1v) is 9.85. The summed E-state index contributed by atoms with van der Waals surface area (Å²) in [7, 11) is -2.24. The molecule has 0 unspecified atom stereocenters. The molecule has 1 aromatic carbocycles. The second kappa shape index (κ2) is 6.99. The largest absolute Gasteiger partial charge is 0.495 e. The summed E-state index contributed by atoms with van der Waals surface area (Å²) >= 11 is 1.40. The minimum absolute atomic E-state index is 0.119. The Labute approximate surface area is 150 Å². The van der Waals surface area contributed by atoms with Gasteiger partial charge < -0.3 is 9.15 Å². The van der Waals surface area contributed by atoms with E-state index in [1.54, 1.807) is 30.5 Å². The predicted octanol–water partition coefficient (Wildman–Crippen LogP) is 3.51. The van der Waals surface area contributed by atoms with E-state index in [-0.39, 0.29) is 11.4 Å². The number of benzene rings is 1. The Kier molecular flexibility index (Phi) is 4.94. The van der Waals surface area contributed by atoms with Crippen molar-refractivity contribution in [3.05, 3.63) is 52.7 Å². The lowest BCUT2D eigenvalue weighted by Gasteiger charge is -2.11. The summed E-state index contributed by atoms with van der Waals surface area (Å²) < 4.78 is 38.4. The third-order valence-electron chi connectivity index (χ3n) is 3.66. The second-order valence-corrected chi connectivity index (χ2v) is 8.30. The maximum absolute atomic E-state index is 12.6. The van der Waals surface area contributed by atoms with Crippen molar-refractivity contribution in [3.63, 3.8) is 0 Å². The Balaban J connectivity index is 1.81. The molecule has 0 saturated carbocycles. The van der Waals surface area contributed by atoms with Crippen molar-refractivity contribution in [2.75, 3.05) is 7.11 Å². The van der Waals surface area contributed by atoms with Crippen LogP contribution in [0.25, 0.3) is 10.8 Å². The van der Waals surface area contributed by atoms with E-state index in [1.807, 2.05) is 19.9 Å². The van der Waals surface area contributed by atoms with Crippen molar-refractivity contribution in [2.45, 2.75) is 25.3 Å². The van der Waals surface area contributed by atoms with E-state index in [9.17, 15) is 8.42 Å². The summed E-state index contributed by atoms with van der Waals surface area (Å²) in [4.78, 5) is 5.39. The maximum atomic E-state index is 12.6. The number of methoxy groups -OCH3 is 1. The van der Waals surface area contributed by atoms with E-state index in [0.29, 0.717) is 11.5 Å². The molecule has 0 spiro atoms. The van der Waals surface area contributed by atoms with Gasteiger partial charge in [-0.1, -0.05) is 6.07 Å². The van der Waals surface area contributed by atoms with Crippen LogP contribution in [0.3, 0.4) is 0 Å². The molecule has 1 N–H and O–H groups in total. The summed E-state index contributed by atoms with van der Waals surface area (Å²) in [5.41, 5.74) is 1.70. The Morgan fingerprint density at radius 3 is 2.76 bits per heavy atom. The molecular weight excluding hydrogens is 360 g/mol. The first-order chi connectivity index (χ1) is 11.9.